The maximum absolute atomic E-state index is 8.60. The van der Waals surface area contributed by atoms with Crippen molar-refractivity contribution < 1.29 is 14.6 Å². The van der Waals surface area contributed by atoms with Crippen molar-refractivity contribution in [2.45, 2.75) is 25.6 Å². The third-order valence-electron chi connectivity index (χ3n) is 2.58. The average molecular weight is 252 g/mol. The number of ether oxygens (including phenoxy) is 2. The summed E-state index contributed by atoms with van der Waals surface area (Å²) < 4.78 is 11.1. The highest BCUT2D eigenvalue weighted by Gasteiger charge is 2.14. The minimum atomic E-state index is -0.0915. The first kappa shape index (κ1) is 12.6. The maximum Gasteiger partial charge on any atom is 0.104 e. The molecule has 4 heteroatoms. The van der Waals surface area contributed by atoms with Gasteiger partial charge in [0.25, 0.3) is 0 Å². The van der Waals surface area contributed by atoms with Gasteiger partial charge in [-0.05, 0) is 25.0 Å². The standard InChI is InChI=1S/C13H16O3S/c14-7-1-2-12-3-4-13(17-12)10-16-11-5-8-15-9-6-11/h3-4,11,14H,5-10H2. The second-order valence-electron chi connectivity index (χ2n) is 3.85. The molecule has 0 amide bonds. The van der Waals surface area contributed by atoms with E-state index in [0.29, 0.717) is 12.7 Å². The molecule has 1 aromatic rings. The van der Waals surface area contributed by atoms with Crippen LogP contribution in [0, 0.1) is 11.8 Å². The Kier molecular flexibility index (Phi) is 5.02. The summed E-state index contributed by atoms with van der Waals surface area (Å²) in [5.74, 6) is 5.54. The van der Waals surface area contributed by atoms with Crippen molar-refractivity contribution in [2.75, 3.05) is 19.8 Å². The summed E-state index contributed by atoms with van der Waals surface area (Å²) >= 11 is 1.62. The third-order valence-corrected chi connectivity index (χ3v) is 3.56. The van der Waals surface area contributed by atoms with Gasteiger partial charge in [0.1, 0.15) is 6.61 Å². The fourth-order valence-electron chi connectivity index (χ4n) is 1.69. The smallest absolute Gasteiger partial charge is 0.104 e. The molecule has 0 saturated carbocycles. The topological polar surface area (TPSA) is 38.7 Å². The van der Waals surface area contributed by atoms with Gasteiger partial charge in [0.15, 0.2) is 0 Å². The minimum absolute atomic E-state index is 0.0915. The van der Waals surface area contributed by atoms with Crippen LogP contribution in [0.25, 0.3) is 0 Å². The van der Waals surface area contributed by atoms with Gasteiger partial charge in [0, 0.05) is 18.1 Å². The van der Waals surface area contributed by atoms with Crippen LogP contribution in [-0.4, -0.2) is 31.0 Å². The van der Waals surface area contributed by atoms with Gasteiger partial charge in [-0.1, -0.05) is 11.8 Å². The first-order valence-electron chi connectivity index (χ1n) is 5.76. The van der Waals surface area contributed by atoms with E-state index in [4.69, 9.17) is 14.6 Å². The zero-order chi connectivity index (χ0) is 11.9. The number of rotatable bonds is 3. The predicted octanol–water partition coefficient (Wildman–Crippen LogP) is 1.79. The molecule has 0 radical (unpaired) electrons. The van der Waals surface area contributed by atoms with E-state index in [1.165, 1.54) is 4.88 Å². The largest absolute Gasteiger partial charge is 0.384 e. The van der Waals surface area contributed by atoms with E-state index in [2.05, 4.69) is 11.8 Å². The van der Waals surface area contributed by atoms with Crippen LogP contribution in [-0.2, 0) is 16.1 Å². The molecule has 17 heavy (non-hydrogen) atoms. The van der Waals surface area contributed by atoms with Crippen LogP contribution in [0.15, 0.2) is 12.1 Å². The first-order valence-corrected chi connectivity index (χ1v) is 6.58. The van der Waals surface area contributed by atoms with Crippen LogP contribution in [0.4, 0.5) is 0 Å². The molecule has 1 aromatic heterocycles. The van der Waals surface area contributed by atoms with Crippen LogP contribution in [0.2, 0.25) is 0 Å². The molecule has 92 valence electrons. The van der Waals surface area contributed by atoms with E-state index in [0.717, 1.165) is 30.9 Å². The molecule has 0 aromatic carbocycles. The normalized spacial score (nSPS) is 16.5. The second kappa shape index (κ2) is 6.77. The summed E-state index contributed by atoms with van der Waals surface area (Å²) in [5, 5.41) is 8.60. The Hall–Kier alpha value is -0.860. The highest BCUT2D eigenvalue weighted by Crippen LogP contribution is 2.19. The molecular weight excluding hydrogens is 236 g/mol. The lowest BCUT2D eigenvalue weighted by atomic mass is 10.1. The van der Waals surface area contributed by atoms with Gasteiger partial charge in [-0.15, -0.1) is 11.3 Å². The van der Waals surface area contributed by atoms with Crippen molar-refractivity contribution in [3.05, 3.63) is 21.9 Å². The van der Waals surface area contributed by atoms with Gasteiger partial charge in [-0.25, -0.2) is 0 Å². The molecular formula is C13H16O3S. The van der Waals surface area contributed by atoms with Gasteiger partial charge in [0.05, 0.1) is 17.6 Å². The van der Waals surface area contributed by atoms with E-state index >= 15 is 0 Å². The first-order chi connectivity index (χ1) is 8.38. The molecule has 0 atom stereocenters. The van der Waals surface area contributed by atoms with Crippen LogP contribution in [0.3, 0.4) is 0 Å². The van der Waals surface area contributed by atoms with Crippen molar-refractivity contribution in [1.82, 2.24) is 0 Å². The van der Waals surface area contributed by atoms with Gasteiger partial charge < -0.3 is 14.6 Å². The highest BCUT2D eigenvalue weighted by atomic mass is 32.1. The van der Waals surface area contributed by atoms with E-state index in [-0.39, 0.29) is 6.61 Å². The summed E-state index contributed by atoms with van der Waals surface area (Å²) in [6.45, 7) is 2.17. The Morgan fingerprint density at radius 1 is 1.41 bits per heavy atom. The molecule has 0 spiro atoms. The minimum Gasteiger partial charge on any atom is -0.384 e. The predicted molar refractivity (Wildman–Crippen MR) is 66.9 cm³/mol. The van der Waals surface area contributed by atoms with Crippen molar-refractivity contribution >= 4 is 11.3 Å². The van der Waals surface area contributed by atoms with Gasteiger partial charge in [-0.2, -0.15) is 0 Å². The Bertz CT molecular complexity index is 396. The molecule has 1 saturated heterocycles. The quantitative estimate of drug-likeness (QED) is 0.834. The average Bonchev–Trinajstić information content (AvgIpc) is 2.83. The van der Waals surface area contributed by atoms with Crippen molar-refractivity contribution in [1.29, 1.82) is 0 Å². The van der Waals surface area contributed by atoms with Crippen LogP contribution in [0.1, 0.15) is 22.6 Å². The fourth-order valence-corrected chi connectivity index (χ4v) is 2.50. The lowest BCUT2D eigenvalue weighted by Gasteiger charge is -2.21. The molecule has 3 nitrogen and oxygen atoms in total. The zero-order valence-corrected chi connectivity index (χ0v) is 10.5. The summed E-state index contributed by atoms with van der Waals surface area (Å²) in [6, 6.07) is 4.00. The number of aliphatic hydroxyl groups excluding tert-OH is 1. The van der Waals surface area contributed by atoms with E-state index in [1.807, 2.05) is 12.1 Å². The molecule has 1 aliphatic rings. The summed E-state index contributed by atoms with van der Waals surface area (Å²) in [7, 11) is 0. The summed E-state index contributed by atoms with van der Waals surface area (Å²) in [6.07, 6.45) is 2.31. The van der Waals surface area contributed by atoms with Crippen LogP contribution in [0.5, 0.6) is 0 Å². The molecule has 1 N–H and O–H groups in total. The molecule has 2 rings (SSSR count). The number of thiophene rings is 1. The fraction of sp³-hybridized carbons (Fsp3) is 0.538. The SMILES string of the molecule is OCC#Cc1ccc(COC2CCOCC2)s1. The van der Waals surface area contributed by atoms with Crippen molar-refractivity contribution in [3.8, 4) is 11.8 Å². The Morgan fingerprint density at radius 2 is 2.24 bits per heavy atom. The lowest BCUT2D eigenvalue weighted by molar-refractivity contribution is -0.0383. The number of hydrogen-bond donors (Lipinski definition) is 1. The highest BCUT2D eigenvalue weighted by molar-refractivity contribution is 7.12. The van der Waals surface area contributed by atoms with E-state index in [9.17, 15) is 0 Å². The van der Waals surface area contributed by atoms with Crippen LogP contribution < -0.4 is 0 Å². The molecule has 0 aliphatic carbocycles. The number of aliphatic hydroxyl groups is 1. The molecule has 2 heterocycles. The van der Waals surface area contributed by atoms with E-state index in [1.54, 1.807) is 11.3 Å². The molecule has 1 fully saturated rings. The molecule has 0 bridgehead atoms. The Morgan fingerprint density at radius 3 is 3.00 bits per heavy atom. The van der Waals surface area contributed by atoms with Gasteiger partial charge in [-0.3, -0.25) is 0 Å². The number of hydrogen-bond acceptors (Lipinski definition) is 4. The molecule has 0 unspecified atom stereocenters. The summed E-state index contributed by atoms with van der Waals surface area (Å²) in [5.41, 5.74) is 0. The van der Waals surface area contributed by atoms with Crippen LogP contribution >= 0.6 is 11.3 Å². The summed E-state index contributed by atoms with van der Waals surface area (Å²) in [4.78, 5) is 2.16. The van der Waals surface area contributed by atoms with Crippen molar-refractivity contribution in [3.63, 3.8) is 0 Å². The van der Waals surface area contributed by atoms with Gasteiger partial charge >= 0.3 is 0 Å². The monoisotopic (exact) mass is 252 g/mol. The third kappa shape index (κ3) is 4.14. The van der Waals surface area contributed by atoms with Crippen molar-refractivity contribution in [2.24, 2.45) is 0 Å². The Balaban J connectivity index is 1.80. The maximum atomic E-state index is 8.60. The zero-order valence-electron chi connectivity index (χ0n) is 9.65. The molecule has 1 aliphatic heterocycles. The Labute approximate surface area is 105 Å². The second-order valence-corrected chi connectivity index (χ2v) is 5.02. The lowest BCUT2D eigenvalue weighted by Crippen LogP contribution is -2.23. The van der Waals surface area contributed by atoms with Gasteiger partial charge in [0.2, 0.25) is 0 Å². The van der Waals surface area contributed by atoms with E-state index < -0.39 is 0 Å².